The lowest BCUT2D eigenvalue weighted by molar-refractivity contribution is -0.145. The van der Waals surface area contributed by atoms with E-state index in [1.54, 1.807) is 4.90 Å². The minimum Gasteiger partial charge on any atom is -0.481 e. The zero-order valence-corrected chi connectivity index (χ0v) is 12.8. The van der Waals surface area contributed by atoms with Crippen molar-refractivity contribution in [3.63, 3.8) is 0 Å². The lowest BCUT2D eigenvalue weighted by Crippen LogP contribution is -2.45. The summed E-state index contributed by atoms with van der Waals surface area (Å²) in [6.07, 6.45) is 2.33. The van der Waals surface area contributed by atoms with E-state index in [4.69, 9.17) is 5.11 Å². The van der Waals surface area contributed by atoms with E-state index in [-0.39, 0.29) is 29.4 Å². The third-order valence-electron chi connectivity index (χ3n) is 4.31. The normalized spacial score (nSPS) is 25.9. The van der Waals surface area contributed by atoms with Gasteiger partial charge in [-0.15, -0.1) is 0 Å². The van der Waals surface area contributed by atoms with Gasteiger partial charge < -0.3 is 15.3 Å². The highest BCUT2D eigenvalue weighted by molar-refractivity contribution is 7.92. The summed E-state index contributed by atoms with van der Waals surface area (Å²) in [6.45, 7) is 1.35. The number of amides is 1. The first kappa shape index (κ1) is 16.2. The van der Waals surface area contributed by atoms with Gasteiger partial charge in [-0.1, -0.05) is 0 Å². The molecule has 0 radical (unpaired) electrons. The van der Waals surface area contributed by atoms with E-state index in [1.165, 1.54) is 0 Å². The van der Waals surface area contributed by atoms with E-state index < -0.39 is 15.8 Å². The maximum atomic E-state index is 12.0. The van der Waals surface area contributed by atoms with Crippen LogP contribution >= 0.6 is 0 Å². The quantitative estimate of drug-likeness (QED) is 0.707. The van der Waals surface area contributed by atoms with E-state index in [0.29, 0.717) is 45.3 Å². The van der Waals surface area contributed by atoms with Crippen LogP contribution < -0.4 is 5.32 Å². The summed E-state index contributed by atoms with van der Waals surface area (Å²) in [6, 6.07) is 0. The van der Waals surface area contributed by atoms with E-state index in [9.17, 15) is 18.0 Å². The molecule has 0 aromatic carbocycles. The maximum Gasteiger partial charge on any atom is 0.306 e. The van der Waals surface area contributed by atoms with Gasteiger partial charge >= 0.3 is 5.97 Å². The van der Waals surface area contributed by atoms with E-state index in [1.807, 2.05) is 0 Å². The molecule has 2 N–H and O–H groups in total. The van der Waals surface area contributed by atoms with Crippen LogP contribution in [0.3, 0.4) is 0 Å². The molecular weight excluding hydrogens is 296 g/mol. The van der Waals surface area contributed by atoms with Crippen molar-refractivity contribution in [1.82, 2.24) is 10.2 Å². The fourth-order valence-corrected chi connectivity index (χ4v) is 4.72. The number of hydrogen-bond donors (Lipinski definition) is 2. The maximum absolute atomic E-state index is 12.0. The zero-order valence-electron chi connectivity index (χ0n) is 12.0. The molecular formula is C13H22N2O5S. The van der Waals surface area contributed by atoms with Crippen LogP contribution in [0.2, 0.25) is 0 Å². The molecule has 0 saturated carbocycles. The number of hydrogen-bond acceptors (Lipinski definition) is 5. The first-order valence-corrected chi connectivity index (χ1v) is 9.04. The Morgan fingerprint density at radius 2 is 1.86 bits per heavy atom. The van der Waals surface area contributed by atoms with Crippen LogP contribution in [-0.2, 0) is 19.4 Å². The minimum atomic E-state index is -2.98. The minimum absolute atomic E-state index is 0.0887. The lowest BCUT2D eigenvalue weighted by atomic mass is 9.97. The molecule has 2 fully saturated rings. The van der Waals surface area contributed by atoms with Crippen LogP contribution in [0.4, 0.5) is 0 Å². The molecule has 21 heavy (non-hydrogen) atoms. The van der Waals surface area contributed by atoms with Crippen LogP contribution in [-0.4, -0.2) is 67.5 Å². The van der Waals surface area contributed by atoms with Gasteiger partial charge in [-0.25, -0.2) is 8.42 Å². The monoisotopic (exact) mass is 318 g/mol. The summed E-state index contributed by atoms with van der Waals surface area (Å²) < 4.78 is 23.3. The molecule has 0 spiro atoms. The first-order valence-electron chi connectivity index (χ1n) is 7.33. The van der Waals surface area contributed by atoms with Crippen molar-refractivity contribution in [1.29, 1.82) is 0 Å². The largest absolute Gasteiger partial charge is 0.481 e. The van der Waals surface area contributed by atoms with Crippen molar-refractivity contribution >= 4 is 21.7 Å². The number of rotatable bonds is 5. The molecule has 7 nitrogen and oxygen atoms in total. The summed E-state index contributed by atoms with van der Waals surface area (Å²) in [5, 5.41) is 11.5. The predicted molar refractivity (Wildman–Crippen MR) is 76.6 cm³/mol. The predicted octanol–water partition coefficient (Wildman–Crippen LogP) is -0.524. The Morgan fingerprint density at radius 3 is 2.38 bits per heavy atom. The third kappa shape index (κ3) is 4.16. The summed E-state index contributed by atoms with van der Waals surface area (Å²) in [7, 11) is -2.98. The fraction of sp³-hybridized carbons (Fsp3) is 0.846. The van der Waals surface area contributed by atoms with Gasteiger partial charge in [-0.2, -0.15) is 0 Å². The molecule has 2 aliphatic rings. The molecule has 2 saturated heterocycles. The standard InChI is InChI=1S/C13H22N2O5S/c16-12(15-5-3-10(4-6-15)13(17)18)9-14-8-11-2-1-7-21(11,19)20/h10-11,14H,1-9H2,(H,17,18). The van der Waals surface area contributed by atoms with Gasteiger partial charge in [-0.05, 0) is 25.7 Å². The Morgan fingerprint density at radius 1 is 1.19 bits per heavy atom. The van der Waals surface area contributed by atoms with Crippen LogP contribution in [0, 0.1) is 5.92 Å². The molecule has 2 aliphatic heterocycles. The molecule has 2 rings (SSSR count). The third-order valence-corrected chi connectivity index (χ3v) is 6.58. The molecule has 0 aliphatic carbocycles. The number of carboxylic acids is 1. The molecule has 1 amide bonds. The molecule has 120 valence electrons. The second-order valence-corrected chi connectivity index (χ2v) is 8.16. The van der Waals surface area contributed by atoms with Gasteiger partial charge in [0, 0.05) is 19.6 Å². The highest BCUT2D eigenvalue weighted by Crippen LogP contribution is 2.19. The van der Waals surface area contributed by atoms with Crippen LogP contribution in [0.25, 0.3) is 0 Å². The second-order valence-electron chi connectivity index (χ2n) is 5.76. The van der Waals surface area contributed by atoms with Crippen molar-refractivity contribution in [2.75, 3.05) is 31.9 Å². The summed E-state index contributed by atoms with van der Waals surface area (Å²) in [4.78, 5) is 24.5. The number of nitrogens with zero attached hydrogens (tertiary/aromatic N) is 1. The van der Waals surface area contributed by atoms with Crippen LogP contribution in [0.15, 0.2) is 0 Å². The average molecular weight is 318 g/mol. The van der Waals surface area contributed by atoms with Crippen LogP contribution in [0.1, 0.15) is 25.7 Å². The van der Waals surface area contributed by atoms with Crippen molar-refractivity contribution in [2.24, 2.45) is 5.92 Å². The van der Waals surface area contributed by atoms with Crippen LogP contribution in [0.5, 0.6) is 0 Å². The number of likely N-dealkylation sites (tertiary alicyclic amines) is 1. The SMILES string of the molecule is O=C(O)C1CCN(C(=O)CNCC2CCCS2(=O)=O)CC1. The van der Waals surface area contributed by atoms with E-state index in [2.05, 4.69) is 5.32 Å². The van der Waals surface area contributed by atoms with Gasteiger partial charge in [0.15, 0.2) is 9.84 Å². The number of carboxylic acid groups (broad SMARTS) is 1. The molecule has 1 atom stereocenters. The Hall–Kier alpha value is -1.15. The highest BCUT2D eigenvalue weighted by Gasteiger charge is 2.31. The Kier molecular flexibility index (Phi) is 5.21. The first-order chi connectivity index (χ1) is 9.90. The Labute approximate surface area is 124 Å². The highest BCUT2D eigenvalue weighted by atomic mass is 32.2. The second kappa shape index (κ2) is 6.74. The van der Waals surface area contributed by atoms with E-state index in [0.717, 1.165) is 0 Å². The number of nitrogens with one attached hydrogen (secondary N) is 1. The number of aliphatic carboxylic acids is 1. The Bertz CT molecular complexity index is 497. The molecule has 2 heterocycles. The smallest absolute Gasteiger partial charge is 0.306 e. The molecule has 0 aromatic heterocycles. The topological polar surface area (TPSA) is 104 Å². The summed E-state index contributed by atoms with van der Waals surface area (Å²) >= 11 is 0. The van der Waals surface area contributed by atoms with Gasteiger partial charge in [0.25, 0.3) is 0 Å². The van der Waals surface area contributed by atoms with Crippen molar-refractivity contribution in [3.05, 3.63) is 0 Å². The fourth-order valence-electron chi connectivity index (χ4n) is 2.92. The number of carbonyl (C=O) groups is 2. The number of sulfone groups is 1. The summed E-state index contributed by atoms with van der Waals surface area (Å²) in [5.74, 6) is -0.998. The van der Waals surface area contributed by atoms with E-state index >= 15 is 0 Å². The average Bonchev–Trinajstić information content (AvgIpc) is 2.78. The van der Waals surface area contributed by atoms with Gasteiger partial charge in [0.2, 0.25) is 5.91 Å². The van der Waals surface area contributed by atoms with Gasteiger partial charge in [0.05, 0.1) is 23.5 Å². The number of piperidine rings is 1. The molecule has 1 unspecified atom stereocenters. The zero-order chi connectivity index (χ0) is 15.5. The lowest BCUT2D eigenvalue weighted by Gasteiger charge is -2.30. The number of carbonyl (C=O) groups excluding carboxylic acids is 1. The summed E-state index contributed by atoms with van der Waals surface area (Å²) in [5.41, 5.74) is 0. The van der Waals surface area contributed by atoms with Crippen molar-refractivity contribution in [2.45, 2.75) is 30.9 Å². The Balaban J connectivity index is 1.70. The van der Waals surface area contributed by atoms with Crippen molar-refractivity contribution < 1.29 is 23.1 Å². The molecule has 0 aromatic rings. The molecule has 8 heteroatoms. The van der Waals surface area contributed by atoms with Crippen molar-refractivity contribution in [3.8, 4) is 0 Å². The van der Waals surface area contributed by atoms with Gasteiger partial charge in [0.1, 0.15) is 0 Å². The molecule has 0 bridgehead atoms. The van der Waals surface area contributed by atoms with Gasteiger partial charge in [-0.3, -0.25) is 9.59 Å².